The van der Waals surface area contributed by atoms with Crippen molar-refractivity contribution in [3.63, 3.8) is 0 Å². The van der Waals surface area contributed by atoms with Gasteiger partial charge in [0.15, 0.2) is 0 Å². The molecule has 0 heterocycles. The van der Waals surface area contributed by atoms with E-state index in [0.29, 0.717) is 12.8 Å². The molecule has 0 aliphatic carbocycles. The van der Waals surface area contributed by atoms with Gasteiger partial charge in [0.2, 0.25) is 0 Å². The Balaban J connectivity index is 3.65. The third-order valence-electron chi connectivity index (χ3n) is 1.36. The summed E-state index contributed by atoms with van der Waals surface area (Å²) in [4.78, 5) is 10.1. The van der Waals surface area contributed by atoms with E-state index >= 15 is 0 Å². The van der Waals surface area contributed by atoms with E-state index in [9.17, 15) is 9.90 Å². The smallest absolute Gasteiger partial charge is 0.0668 e. The second-order valence-corrected chi connectivity index (χ2v) is 2.60. The van der Waals surface area contributed by atoms with Gasteiger partial charge in [0.1, 0.15) is 0 Å². The van der Waals surface area contributed by atoms with Crippen LogP contribution in [0.2, 0.25) is 0 Å². The van der Waals surface area contributed by atoms with Crippen molar-refractivity contribution in [2.75, 3.05) is 0 Å². The Morgan fingerprint density at radius 1 is 1.73 bits per heavy atom. The van der Waals surface area contributed by atoms with E-state index in [4.69, 9.17) is 5.11 Å². The number of hydrogen-bond acceptors (Lipinski definition) is 3. The first-order chi connectivity index (χ1) is 5.04. The molecule has 11 heavy (non-hydrogen) atoms. The van der Waals surface area contributed by atoms with Gasteiger partial charge in [-0.3, -0.25) is 0 Å². The molecule has 0 saturated carbocycles. The Morgan fingerprint density at radius 3 is 2.64 bits per heavy atom. The van der Waals surface area contributed by atoms with Crippen molar-refractivity contribution in [3.05, 3.63) is 11.6 Å². The van der Waals surface area contributed by atoms with Gasteiger partial charge >= 0.3 is 0 Å². The summed E-state index contributed by atoms with van der Waals surface area (Å²) in [7, 11) is 0. The van der Waals surface area contributed by atoms with Crippen LogP contribution in [-0.2, 0) is 4.79 Å². The largest absolute Gasteiger partial charge is 0.545 e. The fourth-order valence-corrected chi connectivity index (χ4v) is 0.624. The second-order valence-electron chi connectivity index (χ2n) is 2.60. The Morgan fingerprint density at radius 2 is 2.27 bits per heavy atom. The molecule has 3 nitrogen and oxygen atoms in total. The van der Waals surface area contributed by atoms with E-state index < -0.39 is 5.97 Å². The van der Waals surface area contributed by atoms with Gasteiger partial charge < -0.3 is 15.0 Å². The summed E-state index contributed by atoms with van der Waals surface area (Å²) < 4.78 is 0. The average molecular weight is 157 g/mol. The number of carbonyl (C=O) groups excluding carboxylic acids is 1. The van der Waals surface area contributed by atoms with Gasteiger partial charge in [-0.05, 0) is 32.3 Å². The quantitative estimate of drug-likeness (QED) is 0.577. The zero-order valence-electron chi connectivity index (χ0n) is 6.83. The fourth-order valence-electron chi connectivity index (χ4n) is 0.624. The number of hydrogen-bond donors (Lipinski definition) is 1. The standard InChI is InChI=1S/C8H14O3/c1-6(8(10)11)4-3-5-7(2)9/h4,7,9H,3,5H2,1-2H3,(H,10,11)/p-1/b6-4+. The van der Waals surface area contributed by atoms with Crippen LogP contribution < -0.4 is 5.11 Å². The summed E-state index contributed by atoms with van der Waals surface area (Å²) in [6.07, 6.45) is 2.35. The molecular weight excluding hydrogens is 144 g/mol. The minimum Gasteiger partial charge on any atom is -0.545 e. The number of carbonyl (C=O) groups is 1. The Bertz CT molecular complexity index is 159. The molecule has 0 fully saturated rings. The SMILES string of the molecule is C/C(=C\CCC(C)O)C(=O)[O-]. The molecule has 0 bridgehead atoms. The molecule has 0 amide bonds. The van der Waals surface area contributed by atoms with Crippen LogP contribution in [0.25, 0.3) is 0 Å². The van der Waals surface area contributed by atoms with Crippen LogP contribution in [0.1, 0.15) is 26.7 Å². The normalized spacial score (nSPS) is 14.6. The molecule has 0 aromatic heterocycles. The van der Waals surface area contributed by atoms with Crippen LogP contribution in [-0.4, -0.2) is 17.2 Å². The van der Waals surface area contributed by atoms with Crippen LogP contribution in [0.5, 0.6) is 0 Å². The highest BCUT2D eigenvalue weighted by atomic mass is 16.4. The third-order valence-corrected chi connectivity index (χ3v) is 1.36. The highest BCUT2D eigenvalue weighted by Gasteiger charge is 1.93. The maximum Gasteiger partial charge on any atom is 0.0668 e. The van der Waals surface area contributed by atoms with Crippen LogP contribution in [0.3, 0.4) is 0 Å². The van der Waals surface area contributed by atoms with Crippen molar-refractivity contribution in [1.82, 2.24) is 0 Å². The minimum absolute atomic E-state index is 0.227. The molecule has 0 aliphatic heterocycles. The summed E-state index contributed by atoms with van der Waals surface area (Å²) >= 11 is 0. The lowest BCUT2D eigenvalue weighted by molar-refractivity contribution is -0.299. The van der Waals surface area contributed by atoms with E-state index in [1.165, 1.54) is 6.92 Å². The lowest BCUT2D eigenvalue weighted by Gasteiger charge is -2.02. The number of aliphatic carboxylic acids is 1. The molecule has 0 rings (SSSR count). The molecule has 0 aromatic carbocycles. The Kier molecular flexibility index (Phi) is 4.54. The van der Waals surface area contributed by atoms with Gasteiger partial charge in [-0.1, -0.05) is 6.08 Å². The van der Waals surface area contributed by atoms with Gasteiger partial charge in [-0.15, -0.1) is 0 Å². The molecule has 0 aromatic rings. The highest BCUT2D eigenvalue weighted by Crippen LogP contribution is 2.00. The van der Waals surface area contributed by atoms with Crippen molar-refractivity contribution in [2.45, 2.75) is 32.8 Å². The average Bonchev–Trinajstić information content (AvgIpc) is 1.86. The summed E-state index contributed by atoms with van der Waals surface area (Å²) in [6.45, 7) is 3.15. The lowest BCUT2D eigenvalue weighted by Crippen LogP contribution is -2.23. The predicted octanol–water partition coefficient (Wildman–Crippen LogP) is -0.156. The Labute approximate surface area is 66.4 Å². The van der Waals surface area contributed by atoms with E-state index in [0.717, 1.165) is 0 Å². The van der Waals surface area contributed by atoms with Crippen molar-refractivity contribution < 1.29 is 15.0 Å². The maximum atomic E-state index is 10.1. The van der Waals surface area contributed by atoms with Crippen molar-refractivity contribution in [2.24, 2.45) is 0 Å². The van der Waals surface area contributed by atoms with Gasteiger partial charge in [-0.2, -0.15) is 0 Å². The maximum absolute atomic E-state index is 10.1. The molecule has 1 atom stereocenters. The molecule has 64 valence electrons. The summed E-state index contributed by atoms with van der Waals surface area (Å²) in [5.41, 5.74) is 0.227. The lowest BCUT2D eigenvalue weighted by atomic mass is 10.1. The first kappa shape index (κ1) is 10.2. The highest BCUT2D eigenvalue weighted by molar-refractivity contribution is 5.83. The first-order valence-corrected chi connectivity index (χ1v) is 3.60. The van der Waals surface area contributed by atoms with Crippen LogP contribution in [0.4, 0.5) is 0 Å². The molecule has 0 radical (unpaired) electrons. The molecule has 0 spiro atoms. The van der Waals surface area contributed by atoms with Crippen LogP contribution in [0.15, 0.2) is 11.6 Å². The van der Waals surface area contributed by atoms with Crippen LogP contribution >= 0.6 is 0 Å². The number of aliphatic hydroxyl groups excluding tert-OH is 1. The van der Waals surface area contributed by atoms with Gasteiger partial charge in [-0.25, -0.2) is 0 Å². The zero-order valence-corrected chi connectivity index (χ0v) is 6.83. The predicted molar refractivity (Wildman–Crippen MR) is 39.7 cm³/mol. The first-order valence-electron chi connectivity index (χ1n) is 3.60. The van der Waals surface area contributed by atoms with Crippen molar-refractivity contribution in [3.8, 4) is 0 Å². The zero-order chi connectivity index (χ0) is 8.85. The summed E-state index contributed by atoms with van der Waals surface area (Å²) in [6, 6.07) is 0. The van der Waals surface area contributed by atoms with E-state index in [2.05, 4.69) is 0 Å². The number of carboxylic acids is 1. The van der Waals surface area contributed by atoms with Crippen molar-refractivity contribution in [1.29, 1.82) is 0 Å². The third kappa shape index (κ3) is 5.61. The summed E-state index contributed by atoms with van der Waals surface area (Å²) in [5, 5.41) is 18.9. The number of aliphatic hydroxyl groups is 1. The molecular formula is C8H13O3-. The van der Waals surface area contributed by atoms with E-state index in [1.54, 1.807) is 13.0 Å². The second kappa shape index (κ2) is 4.91. The number of allylic oxidation sites excluding steroid dienone is 1. The molecule has 3 heteroatoms. The summed E-state index contributed by atoms with van der Waals surface area (Å²) in [5.74, 6) is -1.14. The van der Waals surface area contributed by atoms with Gasteiger partial charge in [0.05, 0.1) is 12.1 Å². The van der Waals surface area contributed by atoms with E-state index in [1.807, 2.05) is 0 Å². The minimum atomic E-state index is -1.14. The number of rotatable bonds is 4. The topological polar surface area (TPSA) is 60.4 Å². The fraction of sp³-hybridized carbons (Fsp3) is 0.625. The monoisotopic (exact) mass is 157 g/mol. The molecule has 0 aliphatic rings. The molecule has 0 saturated heterocycles. The molecule has 1 N–H and O–H groups in total. The van der Waals surface area contributed by atoms with E-state index in [-0.39, 0.29) is 11.7 Å². The molecule has 1 unspecified atom stereocenters. The van der Waals surface area contributed by atoms with Gasteiger partial charge in [0.25, 0.3) is 0 Å². The van der Waals surface area contributed by atoms with Crippen molar-refractivity contribution >= 4 is 5.97 Å². The van der Waals surface area contributed by atoms with Crippen LogP contribution in [0, 0.1) is 0 Å². The number of carboxylic acid groups (broad SMARTS) is 1. The Hall–Kier alpha value is -0.830. The van der Waals surface area contributed by atoms with Gasteiger partial charge in [0, 0.05) is 0 Å².